The molecule has 504 valence electrons. The molecule has 0 bridgehead atoms. The predicted octanol–water partition coefficient (Wildman–Crippen LogP) is 24.1. The Morgan fingerprint density at radius 3 is 1.02 bits per heavy atom. The van der Waals surface area contributed by atoms with E-state index in [1.807, 2.05) is 27.2 Å². The largest absolute Gasteiger partial charge is 0.472 e. The minimum Gasteiger partial charge on any atom is -0.387 e. The number of rotatable bonds is 69. The fourth-order valence-corrected chi connectivity index (χ4v) is 11.9. The van der Waals surface area contributed by atoms with Crippen molar-refractivity contribution in [3.63, 3.8) is 0 Å². The molecule has 0 radical (unpaired) electrons. The molecule has 0 aromatic heterocycles. The van der Waals surface area contributed by atoms with Crippen LogP contribution in [0.1, 0.15) is 361 Å². The number of aliphatic hydroxyl groups is 1. The average molecular weight is 1230 g/mol. The summed E-state index contributed by atoms with van der Waals surface area (Å²) >= 11 is 0. The number of carbonyl (C=O) groups excluding carboxylic acids is 1. The Bertz CT molecular complexity index is 1630. The number of nitrogens with zero attached hydrogens (tertiary/aromatic N) is 1. The van der Waals surface area contributed by atoms with Gasteiger partial charge in [-0.1, -0.05) is 363 Å². The highest BCUT2D eigenvalue weighted by molar-refractivity contribution is 7.47. The molecule has 0 aliphatic carbocycles. The van der Waals surface area contributed by atoms with E-state index in [1.54, 1.807) is 6.08 Å². The number of quaternary nitrogens is 1. The molecule has 0 aliphatic heterocycles. The van der Waals surface area contributed by atoms with Gasteiger partial charge in [0, 0.05) is 6.42 Å². The summed E-state index contributed by atoms with van der Waals surface area (Å²) in [5.41, 5.74) is 0. The van der Waals surface area contributed by atoms with Crippen LogP contribution in [0.2, 0.25) is 0 Å². The van der Waals surface area contributed by atoms with Crippen molar-refractivity contribution in [3.8, 4) is 0 Å². The van der Waals surface area contributed by atoms with Gasteiger partial charge in [0.05, 0.1) is 39.9 Å². The van der Waals surface area contributed by atoms with Crippen LogP contribution >= 0.6 is 7.82 Å². The van der Waals surface area contributed by atoms with Gasteiger partial charge in [-0.25, -0.2) is 4.57 Å². The summed E-state index contributed by atoms with van der Waals surface area (Å²) in [6, 6.07) is -0.849. The van der Waals surface area contributed by atoms with Crippen molar-refractivity contribution in [2.24, 2.45) is 0 Å². The zero-order chi connectivity index (χ0) is 62.6. The van der Waals surface area contributed by atoms with Gasteiger partial charge < -0.3 is 19.8 Å². The normalized spacial score (nSPS) is 14.0. The standard InChI is InChI=1S/C77H145N2O6P/c1-6-8-10-12-14-16-18-20-22-24-26-28-30-32-34-35-36-37-38-39-40-41-42-43-45-47-49-51-53-55-57-59-61-63-65-67-69-71-77(81)78-75(74-85-86(82,83)84-73-72-79(3,4)5)76(80)70-68-66-64-62-60-58-56-54-52-50-48-46-44-33-31-29-27-25-23-21-19-17-15-13-11-9-7-2/h8,10,14,16,20,22,26,28,32,34,68,70,75-76,80H,6-7,9,11-13,15,17-19,21,23-25,27,29-31,33,35-67,69,71-74H2,1-5H3,(H-,78,81,82,83)/p+1/b10-8-,16-14-,22-20-,28-26-,34-32-,70-68+. The van der Waals surface area contributed by atoms with Crippen LogP contribution in [0, 0.1) is 0 Å². The Hall–Kier alpha value is -2.06. The maximum absolute atomic E-state index is 13.1. The summed E-state index contributed by atoms with van der Waals surface area (Å²) in [5, 5.41) is 14.0. The molecule has 0 saturated heterocycles. The SMILES string of the molecule is CC/C=C\C/C=C\C/C=C\C/C=C\C/C=C\CCCCCCCCCCCCCCCCCCCCCCCC(=O)NC(COP(=O)(O)OCC[N+](C)(C)C)C(O)/C=C/CCCCCCCCCCCCCCCCCCCCCCCCCCC. The number of phosphoric acid groups is 1. The van der Waals surface area contributed by atoms with Gasteiger partial charge >= 0.3 is 7.82 Å². The van der Waals surface area contributed by atoms with E-state index in [1.165, 1.54) is 270 Å². The first-order chi connectivity index (χ1) is 42.0. The molecule has 0 heterocycles. The zero-order valence-electron chi connectivity index (χ0n) is 57.8. The first-order valence-electron chi connectivity index (χ1n) is 37.3. The van der Waals surface area contributed by atoms with Crippen LogP contribution in [0.15, 0.2) is 72.9 Å². The number of aliphatic hydroxyl groups excluding tert-OH is 1. The maximum atomic E-state index is 13.1. The summed E-state index contributed by atoms with van der Waals surface area (Å²) < 4.78 is 23.9. The molecule has 0 spiro atoms. The highest BCUT2D eigenvalue weighted by atomic mass is 31.2. The van der Waals surface area contributed by atoms with Gasteiger partial charge in [0.25, 0.3) is 0 Å². The lowest BCUT2D eigenvalue weighted by Crippen LogP contribution is -2.45. The minimum absolute atomic E-state index is 0.0621. The Labute approximate surface area is 535 Å². The minimum atomic E-state index is -4.36. The van der Waals surface area contributed by atoms with Gasteiger partial charge in [-0.3, -0.25) is 13.8 Å². The molecule has 1 amide bonds. The van der Waals surface area contributed by atoms with Crippen molar-refractivity contribution in [2.75, 3.05) is 40.9 Å². The van der Waals surface area contributed by atoms with Crippen LogP contribution in [0.3, 0.4) is 0 Å². The van der Waals surface area contributed by atoms with Crippen LogP contribution < -0.4 is 5.32 Å². The first kappa shape index (κ1) is 83.9. The van der Waals surface area contributed by atoms with Gasteiger partial charge in [-0.2, -0.15) is 0 Å². The third-order valence-electron chi connectivity index (χ3n) is 16.9. The van der Waals surface area contributed by atoms with Crippen molar-refractivity contribution < 1.29 is 32.9 Å². The number of nitrogens with one attached hydrogen (secondary N) is 1. The van der Waals surface area contributed by atoms with Crippen molar-refractivity contribution in [1.82, 2.24) is 5.32 Å². The molecule has 3 unspecified atom stereocenters. The molecule has 86 heavy (non-hydrogen) atoms. The van der Waals surface area contributed by atoms with Crippen molar-refractivity contribution in [3.05, 3.63) is 72.9 Å². The van der Waals surface area contributed by atoms with Crippen molar-refractivity contribution in [2.45, 2.75) is 373 Å². The van der Waals surface area contributed by atoms with Crippen LogP contribution in [0.4, 0.5) is 0 Å². The van der Waals surface area contributed by atoms with Gasteiger partial charge in [0.1, 0.15) is 13.2 Å². The number of unbranched alkanes of at least 4 members (excludes halogenated alkanes) is 46. The molecular formula is C77H146N2O6P+. The molecule has 8 nitrogen and oxygen atoms in total. The first-order valence-corrected chi connectivity index (χ1v) is 38.8. The lowest BCUT2D eigenvalue weighted by molar-refractivity contribution is -0.870. The number of likely N-dealkylation sites (N-methyl/N-ethyl adjacent to an activating group) is 1. The van der Waals surface area contributed by atoms with E-state index >= 15 is 0 Å². The molecular weight excluding hydrogens is 1080 g/mol. The summed E-state index contributed by atoms with van der Waals surface area (Å²) in [7, 11) is 1.59. The molecule has 9 heteroatoms. The predicted molar refractivity (Wildman–Crippen MR) is 378 cm³/mol. The average Bonchev–Trinajstić information content (AvgIpc) is 3.70. The highest BCUT2D eigenvalue weighted by Crippen LogP contribution is 2.43. The van der Waals surface area contributed by atoms with Crippen molar-refractivity contribution in [1.29, 1.82) is 0 Å². The fourth-order valence-electron chi connectivity index (χ4n) is 11.2. The number of hydrogen-bond acceptors (Lipinski definition) is 5. The fraction of sp³-hybridized carbons (Fsp3) is 0.831. The van der Waals surface area contributed by atoms with E-state index in [-0.39, 0.29) is 19.1 Å². The zero-order valence-corrected chi connectivity index (χ0v) is 58.7. The Morgan fingerprint density at radius 1 is 0.407 bits per heavy atom. The van der Waals surface area contributed by atoms with Gasteiger partial charge in [-0.05, 0) is 64.2 Å². The molecule has 0 saturated carbocycles. The van der Waals surface area contributed by atoms with E-state index in [4.69, 9.17) is 9.05 Å². The second kappa shape index (κ2) is 67.3. The monoisotopic (exact) mass is 1230 g/mol. The number of carbonyl (C=O) groups is 1. The molecule has 0 rings (SSSR count). The number of allylic oxidation sites excluding steroid dienone is 11. The second-order valence-corrected chi connectivity index (χ2v) is 28.1. The highest BCUT2D eigenvalue weighted by Gasteiger charge is 2.28. The lowest BCUT2D eigenvalue weighted by Gasteiger charge is -2.25. The molecule has 0 fully saturated rings. The van der Waals surface area contributed by atoms with Crippen LogP contribution in [-0.4, -0.2) is 73.4 Å². The van der Waals surface area contributed by atoms with Crippen LogP contribution in [0.5, 0.6) is 0 Å². The van der Waals surface area contributed by atoms with E-state index in [2.05, 4.69) is 79.9 Å². The summed E-state index contributed by atoms with van der Waals surface area (Å²) in [6.45, 7) is 4.75. The summed E-state index contributed by atoms with van der Waals surface area (Å²) in [5.74, 6) is -0.171. The molecule has 3 N–H and O–H groups in total. The van der Waals surface area contributed by atoms with Gasteiger partial charge in [-0.15, -0.1) is 0 Å². The van der Waals surface area contributed by atoms with E-state index in [9.17, 15) is 19.4 Å². The number of phosphoric ester groups is 1. The number of hydrogen-bond donors (Lipinski definition) is 3. The van der Waals surface area contributed by atoms with Gasteiger partial charge in [0.15, 0.2) is 0 Å². The van der Waals surface area contributed by atoms with Crippen LogP contribution in [-0.2, 0) is 18.4 Å². The lowest BCUT2D eigenvalue weighted by atomic mass is 10.0. The molecule has 0 aromatic rings. The third kappa shape index (κ3) is 69.4. The molecule has 0 aliphatic rings. The van der Waals surface area contributed by atoms with Crippen LogP contribution in [0.25, 0.3) is 0 Å². The summed E-state index contributed by atoms with van der Waals surface area (Å²) in [6.07, 6.45) is 95.0. The maximum Gasteiger partial charge on any atom is 0.472 e. The van der Waals surface area contributed by atoms with E-state index in [0.717, 1.165) is 70.6 Å². The Morgan fingerprint density at radius 2 is 0.698 bits per heavy atom. The van der Waals surface area contributed by atoms with E-state index in [0.29, 0.717) is 17.4 Å². The topological polar surface area (TPSA) is 105 Å². The smallest absolute Gasteiger partial charge is 0.387 e. The van der Waals surface area contributed by atoms with Crippen molar-refractivity contribution >= 4 is 13.7 Å². The molecule has 0 aromatic carbocycles. The van der Waals surface area contributed by atoms with Gasteiger partial charge in [0.2, 0.25) is 5.91 Å². The Kier molecular flexibility index (Phi) is 65.7. The summed E-state index contributed by atoms with van der Waals surface area (Å²) in [4.78, 5) is 23.5. The third-order valence-corrected chi connectivity index (χ3v) is 17.9. The Balaban J connectivity index is 3.99. The molecule has 3 atom stereocenters. The second-order valence-electron chi connectivity index (χ2n) is 26.6. The quantitative estimate of drug-likeness (QED) is 0.0243. The van der Waals surface area contributed by atoms with E-state index < -0.39 is 20.0 Å². The number of amides is 1.